The van der Waals surface area contributed by atoms with E-state index in [0.717, 1.165) is 5.56 Å². The molecule has 2 rings (SSSR count). The number of benzene rings is 2. The van der Waals surface area contributed by atoms with Crippen LogP contribution >= 0.6 is 24.0 Å². The lowest BCUT2D eigenvalue weighted by Gasteiger charge is -2.19. The van der Waals surface area contributed by atoms with E-state index in [1.807, 2.05) is 38.1 Å². The topological polar surface area (TPSA) is 115 Å². The second-order valence-corrected chi connectivity index (χ2v) is 7.91. The predicted molar refractivity (Wildman–Crippen MR) is 129 cm³/mol. The fourth-order valence-electron chi connectivity index (χ4n) is 2.55. The van der Waals surface area contributed by atoms with Crippen molar-refractivity contribution in [2.45, 2.75) is 31.4 Å². The standard InChI is InChI=1S/C20H28N4O4S.HI/c1-4-22-20(24-14-16-8-7-9-17(12-16)29(21,25)26)23-13-15(2)28-19-11-6-5-10-18(19)27-3;/h5-12,15H,4,13-14H2,1-3H3,(H2,21,25,26)(H2,22,23,24);1H. The first-order valence-electron chi connectivity index (χ1n) is 9.27. The highest BCUT2D eigenvalue weighted by Crippen LogP contribution is 2.26. The van der Waals surface area contributed by atoms with E-state index in [1.165, 1.54) is 12.1 Å². The maximum atomic E-state index is 11.5. The number of rotatable bonds is 9. The Hall–Kier alpha value is -2.05. The number of primary sulfonamides is 1. The molecular weight excluding hydrogens is 519 g/mol. The predicted octanol–water partition coefficient (Wildman–Crippen LogP) is 2.48. The molecule has 30 heavy (non-hydrogen) atoms. The van der Waals surface area contributed by atoms with Crippen molar-refractivity contribution in [2.24, 2.45) is 10.1 Å². The van der Waals surface area contributed by atoms with Gasteiger partial charge in [-0.2, -0.15) is 0 Å². The van der Waals surface area contributed by atoms with E-state index >= 15 is 0 Å². The Morgan fingerprint density at radius 1 is 1.13 bits per heavy atom. The van der Waals surface area contributed by atoms with Crippen molar-refractivity contribution in [3.63, 3.8) is 0 Å². The monoisotopic (exact) mass is 548 g/mol. The average Bonchev–Trinajstić information content (AvgIpc) is 2.70. The lowest BCUT2D eigenvalue weighted by atomic mass is 10.2. The molecule has 0 aromatic heterocycles. The number of para-hydroxylation sites is 2. The molecule has 0 aliphatic carbocycles. The number of hydrogen-bond acceptors (Lipinski definition) is 5. The van der Waals surface area contributed by atoms with Gasteiger partial charge in [-0.25, -0.2) is 18.5 Å². The van der Waals surface area contributed by atoms with E-state index in [4.69, 9.17) is 14.6 Å². The number of hydrogen-bond donors (Lipinski definition) is 3. The van der Waals surface area contributed by atoms with Gasteiger partial charge in [0.05, 0.1) is 25.1 Å². The Morgan fingerprint density at radius 2 is 1.83 bits per heavy atom. The summed E-state index contributed by atoms with van der Waals surface area (Å²) in [5, 5.41) is 11.6. The van der Waals surface area contributed by atoms with Crippen molar-refractivity contribution in [3.05, 3.63) is 54.1 Å². The summed E-state index contributed by atoms with van der Waals surface area (Å²) in [5.74, 6) is 1.95. The smallest absolute Gasteiger partial charge is 0.238 e. The molecule has 0 aliphatic rings. The molecule has 0 heterocycles. The fourth-order valence-corrected chi connectivity index (χ4v) is 3.13. The van der Waals surface area contributed by atoms with Gasteiger partial charge in [-0.15, -0.1) is 24.0 Å². The number of halogens is 1. The van der Waals surface area contributed by atoms with Crippen LogP contribution < -0.4 is 25.2 Å². The van der Waals surface area contributed by atoms with Crippen LogP contribution in [0.5, 0.6) is 11.5 Å². The van der Waals surface area contributed by atoms with Gasteiger partial charge >= 0.3 is 0 Å². The SMILES string of the molecule is CCNC(=NCc1cccc(S(N)(=O)=O)c1)NCC(C)Oc1ccccc1OC.I. The van der Waals surface area contributed by atoms with Crippen molar-refractivity contribution < 1.29 is 17.9 Å². The molecule has 0 radical (unpaired) electrons. The molecule has 1 atom stereocenters. The lowest BCUT2D eigenvalue weighted by Crippen LogP contribution is -2.41. The molecule has 0 spiro atoms. The molecule has 0 amide bonds. The van der Waals surface area contributed by atoms with E-state index in [9.17, 15) is 8.42 Å². The number of methoxy groups -OCH3 is 1. The molecule has 166 valence electrons. The highest BCUT2D eigenvalue weighted by Gasteiger charge is 2.10. The summed E-state index contributed by atoms with van der Waals surface area (Å²) in [6.07, 6.45) is -0.138. The zero-order valence-corrected chi connectivity index (χ0v) is 20.4. The van der Waals surface area contributed by atoms with Crippen LogP contribution in [-0.2, 0) is 16.6 Å². The summed E-state index contributed by atoms with van der Waals surface area (Å²) >= 11 is 0. The summed E-state index contributed by atoms with van der Waals surface area (Å²) in [6.45, 7) is 5.42. The van der Waals surface area contributed by atoms with Gasteiger partial charge in [-0.3, -0.25) is 0 Å². The minimum absolute atomic E-state index is 0. The van der Waals surface area contributed by atoms with Crippen molar-refractivity contribution in [1.82, 2.24) is 10.6 Å². The van der Waals surface area contributed by atoms with Gasteiger partial charge in [-0.1, -0.05) is 24.3 Å². The average molecular weight is 548 g/mol. The lowest BCUT2D eigenvalue weighted by molar-refractivity contribution is 0.213. The molecule has 0 saturated heterocycles. The summed E-state index contributed by atoms with van der Waals surface area (Å²) in [6, 6.07) is 13.9. The zero-order chi connectivity index (χ0) is 21.3. The summed E-state index contributed by atoms with van der Waals surface area (Å²) in [7, 11) is -2.13. The number of ether oxygens (including phenoxy) is 2. The highest BCUT2D eigenvalue weighted by atomic mass is 127. The second-order valence-electron chi connectivity index (χ2n) is 6.35. The minimum atomic E-state index is -3.74. The Balaban J connectivity index is 0.00000450. The van der Waals surface area contributed by atoms with Crippen LogP contribution in [0.2, 0.25) is 0 Å². The van der Waals surface area contributed by atoms with E-state index in [0.29, 0.717) is 37.1 Å². The minimum Gasteiger partial charge on any atom is -0.493 e. The Kier molecular flexibility index (Phi) is 10.9. The van der Waals surface area contributed by atoms with Gasteiger partial charge in [0.25, 0.3) is 0 Å². The fraction of sp³-hybridized carbons (Fsp3) is 0.350. The normalized spacial score (nSPS) is 12.5. The third-order valence-corrected chi connectivity index (χ3v) is 4.86. The van der Waals surface area contributed by atoms with E-state index in [-0.39, 0.29) is 35.0 Å². The summed E-state index contributed by atoms with van der Waals surface area (Å²) in [5.41, 5.74) is 0.743. The number of nitrogens with two attached hydrogens (primary N) is 1. The Bertz CT molecular complexity index is 938. The van der Waals surface area contributed by atoms with Crippen LogP contribution in [0, 0.1) is 0 Å². The number of aliphatic imine (C=N–C) groups is 1. The van der Waals surface area contributed by atoms with Crippen molar-refractivity contribution in [3.8, 4) is 11.5 Å². The first-order valence-corrected chi connectivity index (χ1v) is 10.8. The number of guanidine groups is 1. The van der Waals surface area contributed by atoms with Gasteiger partial charge in [0.15, 0.2) is 17.5 Å². The Labute approximate surface area is 195 Å². The first kappa shape index (κ1) is 26.0. The number of sulfonamides is 1. The Morgan fingerprint density at radius 3 is 2.47 bits per heavy atom. The van der Waals surface area contributed by atoms with Crippen LogP contribution in [0.4, 0.5) is 0 Å². The molecule has 0 aliphatic heterocycles. The van der Waals surface area contributed by atoms with E-state index in [2.05, 4.69) is 15.6 Å². The van der Waals surface area contributed by atoms with Crippen molar-refractivity contribution in [1.29, 1.82) is 0 Å². The van der Waals surface area contributed by atoms with Crippen molar-refractivity contribution >= 4 is 40.0 Å². The summed E-state index contributed by atoms with van der Waals surface area (Å²) < 4.78 is 34.2. The van der Waals surface area contributed by atoms with Crippen molar-refractivity contribution in [2.75, 3.05) is 20.2 Å². The molecule has 2 aromatic rings. The van der Waals surface area contributed by atoms with Gasteiger partial charge in [0.1, 0.15) is 6.10 Å². The van der Waals surface area contributed by atoms with Crippen LogP contribution in [0.15, 0.2) is 58.4 Å². The third-order valence-electron chi connectivity index (χ3n) is 3.95. The van der Waals surface area contributed by atoms with Crippen LogP contribution in [0.3, 0.4) is 0 Å². The molecule has 0 saturated carbocycles. The highest BCUT2D eigenvalue weighted by molar-refractivity contribution is 14.0. The number of nitrogens with one attached hydrogen (secondary N) is 2. The maximum Gasteiger partial charge on any atom is 0.238 e. The van der Waals surface area contributed by atoms with Gasteiger partial charge in [0, 0.05) is 6.54 Å². The van der Waals surface area contributed by atoms with Crippen LogP contribution in [0.25, 0.3) is 0 Å². The maximum absolute atomic E-state index is 11.5. The van der Waals surface area contributed by atoms with Gasteiger partial charge in [0.2, 0.25) is 10.0 Å². The van der Waals surface area contributed by atoms with Gasteiger partial charge in [-0.05, 0) is 43.7 Å². The first-order chi connectivity index (χ1) is 13.8. The van der Waals surface area contributed by atoms with E-state index in [1.54, 1.807) is 19.2 Å². The van der Waals surface area contributed by atoms with E-state index < -0.39 is 10.0 Å². The third kappa shape index (κ3) is 8.36. The summed E-state index contributed by atoms with van der Waals surface area (Å²) in [4.78, 5) is 4.57. The number of nitrogens with zero attached hydrogens (tertiary/aromatic N) is 1. The second kappa shape index (κ2) is 12.6. The zero-order valence-electron chi connectivity index (χ0n) is 17.3. The molecule has 2 aromatic carbocycles. The molecule has 1 unspecified atom stereocenters. The molecule has 0 fully saturated rings. The molecule has 8 nitrogen and oxygen atoms in total. The quantitative estimate of drug-likeness (QED) is 0.252. The molecule has 4 N–H and O–H groups in total. The largest absolute Gasteiger partial charge is 0.493 e. The molecule has 0 bridgehead atoms. The van der Waals surface area contributed by atoms with Gasteiger partial charge < -0.3 is 20.1 Å². The molecule has 10 heteroatoms. The van der Waals surface area contributed by atoms with Crippen LogP contribution in [0.1, 0.15) is 19.4 Å². The van der Waals surface area contributed by atoms with Crippen LogP contribution in [-0.4, -0.2) is 40.7 Å². The molecular formula is C20H29IN4O4S.